The second kappa shape index (κ2) is 4.85. The van der Waals surface area contributed by atoms with Crippen LogP contribution in [0.5, 0.6) is 0 Å². The number of hydrogen-bond acceptors (Lipinski definition) is 3. The first kappa shape index (κ1) is 9.16. The molecule has 1 atom stereocenters. The molecule has 0 aliphatic heterocycles. The van der Waals surface area contributed by atoms with Gasteiger partial charge in [0.05, 0.1) is 5.69 Å². The molecule has 3 nitrogen and oxygen atoms in total. The Labute approximate surface area is 73.0 Å². The highest BCUT2D eigenvalue weighted by molar-refractivity contribution is 5.07. The normalized spacial score (nSPS) is 12.8. The van der Waals surface area contributed by atoms with Gasteiger partial charge in [0.1, 0.15) is 0 Å². The zero-order chi connectivity index (χ0) is 8.81. The van der Waals surface area contributed by atoms with Crippen molar-refractivity contribution in [2.24, 2.45) is 5.73 Å². The van der Waals surface area contributed by atoms with E-state index in [0.717, 1.165) is 12.2 Å². The van der Waals surface area contributed by atoms with Gasteiger partial charge >= 0.3 is 0 Å². The molecule has 1 aromatic rings. The fourth-order valence-corrected chi connectivity index (χ4v) is 1.04. The van der Waals surface area contributed by atoms with E-state index in [4.69, 9.17) is 5.73 Å². The van der Waals surface area contributed by atoms with Gasteiger partial charge in [-0.05, 0) is 19.1 Å². The van der Waals surface area contributed by atoms with Gasteiger partial charge in [0.25, 0.3) is 0 Å². The van der Waals surface area contributed by atoms with Gasteiger partial charge < -0.3 is 11.1 Å². The van der Waals surface area contributed by atoms with Crippen molar-refractivity contribution in [1.29, 1.82) is 0 Å². The van der Waals surface area contributed by atoms with Crippen LogP contribution in [0.2, 0.25) is 0 Å². The van der Waals surface area contributed by atoms with Gasteiger partial charge in [0.2, 0.25) is 0 Å². The number of nitrogens with zero attached hydrogens (tertiary/aromatic N) is 1. The number of rotatable bonds is 4. The fourth-order valence-electron chi connectivity index (χ4n) is 1.04. The molecule has 3 heteroatoms. The summed E-state index contributed by atoms with van der Waals surface area (Å²) >= 11 is 0. The third kappa shape index (κ3) is 2.60. The quantitative estimate of drug-likeness (QED) is 0.690. The lowest BCUT2D eigenvalue weighted by Crippen LogP contribution is -2.25. The van der Waals surface area contributed by atoms with Crippen molar-refractivity contribution in [2.75, 3.05) is 13.1 Å². The lowest BCUT2D eigenvalue weighted by Gasteiger charge is -2.11. The number of hydrogen-bond donors (Lipinski definition) is 2. The van der Waals surface area contributed by atoms with Crippen LogP contribution in [0.4, 0.5) is 0 Å². The summed E-state index contributed by atoms with van der Waals surface area (Å²) in [6.45, 7) is 3.58. The van der Waals surface area contributed by atoms with Crippen molar-refractivity contribution in [3.8, 4) is 0 Å². The molecule has 0 aliphatic rings. The summed E-state index contributed by atoms with van der Waals surface area (Å²) in [6, 6.07) is 6.20. The molecule has 0 aromatic carbocycles. The van der Waals surface area contributed by atoms with Gasteiger partial charge in [-0.15, -0.1) is 0 Å². The molecule has 1 rings (SSSR count). The lowest BCUT2D eigenvalue weighted by molar-refractivity contribution is 0.569. The third-order valence-corrected chi connectivity index (χ3v) is 1.73. The Morgan fingerprint density at radius 3 is 3.00 bits per heavy atom. The van der Waals surface area contributed by atoms with Crippen molar-refractivity contribution < 1.29 is 0 Å². The maximum atomic E-state index is 5.37. The first-order valence-electron chi connectivity index (χ1n) is 4.19. The molecular formula is C9H15N3. The van der Waals surface area contributed by atoms with Crippen LogP contribution < -0.4 is 11.1 Å². The average Bonchev–Trinajstić information content (AvgIpc) is 2.15. The van der Waals surface area contributed by atoms with E-state index >= 15 is 0 Å². The van der Waals surface area contributed by atoms with Crippen LogP contribution >= 0.6 is 0 Å². The monoisotopic (exact) mass is 165 g/mol. The molecule has 0 radical (unpaired) electrons. The second-order valence-corrected chi connectivity index (χ2v) is 2.72. The molecule has 0 saturated carbocycles. The molecule has 1 heterocycles. The first-order valence-corrected chi connectivity index (χ1v) is 4.19. The van der Waals surface area contributed by atoms with E-state index < -0.39 is 0 Å². The van der Waals surface area contributed by atoms with E-state index in [1.54, 1.807) is 6.20 Å². The maximum absolute atomic E-state index is 5.37. The predicted molar refractivity (Wildman–Crippen MR) is 49.7 cm³/mol. The minimum atomic E-state index is 0.287. The lowest BCUT2D eigenvalue weighted by atomic mass is 10.2. The summed E-state index contributed by atoms with van der Waals surface area (Å²) in [5.41, 5.74) is 6.43. The van der Waals surface area contributed by atoms with Crippen molar-refractivity contribution in [2.45, 2.75) is 13.0 Å². The zero-order valence-electron chi connectivity index (χ0n) is 7.33. The molecule has 0 bridgehead atoms. The molecular weight excluding hydrogens is 150 g/mol. The smallest absolute Gasteiger partial charge is 0.0570 e. The molecule has 0 spiro atoms. The SMILES string of the molecule is CC(NCCN)c1ccccn1. The summed E-state index contributed by atoms with van der Waals surface area (Å²) in [4.78, 5) is 4.23. The Balaban J connectivity index is 2.48. The Bertz CT molecular complexity index is 210. The Morgan fingerprint density at radius 2 is 2.42 bits per heavy atom. The highest BCUT2D eigenvalue weighted by atomic mass is 14.9. The van der Waals surface area contributed by atoms with E-state index in [9.17, 15) is 0 Å². The van der Waals surface area contributed by atoms with Gasteiger partial charge in [0, 0.05) is 25.3 Å². The number of nitrogens with two attached hydrogens (primary N) is 1. The molecule has 0 aliphatic carbocycles. The predicted octanol–water partition coefficient (Wildman–Crippen LogP) is 0.691. The van der Waals surface area contributed by atoms with Gasteiger partial charge in [0.15, 0.2) is 0 Å². The van der Waals surface area contributed by atoms with E-state index in [0.29, 0.717) is 6.54 Å². The van der Waals surface area contributed by atoms with Gasteiger partial charge in [-0.3, -0.25) is 4.98 Å². The molecule has 1 unspecified atom stereocenters. The summed E-state index contributed by atoms with van der Waals surface area (Å²) in [5, 5.41) is 3.26. The molecule has 0 saturated heterocycles. The van der Waals surface area contributed by atoms with Gasteiger partial charge in [-0.1, -0.05) is 6.07 Å². The zero-order valence-corrected chi connectivity index (χ0v) is 7.33. The minimum Gasteiger partial charge on any atom is -0.329 e. The molecule has 1 aromatic heterocycles. The van der Waals surface area contributed by atoms with Crippen LogP contribution in [0.25, 0.3) is 0 Å². The molecule has 0 fully saturated rings. The average molecular weight is 165 g/mol. The fraction of sp³-hybridized carbons (Fsp3) is 0.444. The van der Waals surface area contributed by atoms with Gasteiger partial charge in [-0.2, -0.15) is 0 Å². The number of aromatic nitrogens is 1. The number of nitrogens with one attached hydrogen (secondary N) is 1. The maximum Gasteiger partial charge on any atom is 0.0570 e. The summed E-state index contributed by atoms with van der Waals surface area (Å²) < 4.78 is 0. The van der Waals surface area contributed by atoms with E-state index in [1.807, 2.05) is 18.2 Å². The minimum absolute atomic E-state index is 0.287. The van der Waals surface area contributed by atoms with Crippen molar-refractivity contribution in [3.05, 3.63) is 30.1 Å². The summed E-state index contributed by atoms with van der Waals surface area (Å²) in [6.07, 6.45) is 1.80. The molecule has 66 valence electrons. The van der Waals surface area contributed by atoms with Gasteiger partial charge in [-0.25, -0.2) is 0 Å². The third-order valence-electron chi connectivity index (χ3n) is 1.73. The van der Waals surface area contributed by atoms with Crippen LogP contribution in [-0.4, -0.2) is 18.1 Å². The topological polar surface area (TPSA) is 50.9 Å². The van der Waals surface area contributed by atoms with E-state index in [1.165, 1.54) is 0 Å². The largest absolute Gasteiger partial charge is 0.329 e. The van der Waals surface area contributed by atoms with Crippen LogP contribution in [0, 0.1) is 0 Å². The first-order chi connectivity index (χ1) is 5.84. The van der Waals surface area contributed by atoms with Crippen molar-refractivity contribution in [3.63, 3.8) is 0 Å². The highest BCUT2D eigenvalue weighted by Crippen LogP contribution is 2.06. The van der Waals surface area contributed by atoms with Crippen LogP contribution in [0.15, 0.2) is 24.4 Å². The van der Waals surface area contributed by atoms with E-state index in [-0.39, 0.29) is 6.04 Å². The Kier molecular flexibility index (Phi) is 3.70. The Morgan fingerprint density at radius 1 is 1.58 bits per heavy atom. The second-order valence-electron chi connectivity index (χ2n) is 2.72. The van der Waals surface area contributed by atoms with E-state index in [2.05, 4.69) is 17.2 Å². The van der Waals surface area contributed by atoms with Crippen LogP contribution in [-0.2, 0) is 0 Å². The van der Waals surface area contributed by atoms with Crippen LogP contribution in [0.1, 0.15) is 18.7 Å². The highest BCUT2D eigenvalue weighted by Gasteiger charge is 2.02. The molecule has 3 N–H and O–H groups in total. The van der Waals surface area contributed by atoms with Crippen molar-refractivity contribution in [1.82, 2.24) is 10.3 Å². The van der Waals surface area contributed by atoms with Crippen LogP contribution in [0.3, 0.4) is 0 Å². The molecule has 12 heavy (non-hydrogen) atoms. The summed E-state index contributed by atoms with van der Waals surface area (Å²) in [7, 11) is 0. The van der Waals surface area contributed by atoms with Crippen molar-refractivity contribution >= 4 is 0 Å². The molecule has 0 amide bonds. The standard InChI is InChI=1S/C9H15N3/c1-8(11-7-5-10)9-4-2-3-6-12-9/h2-4,6,8,11H,5,7,10H2,1H3. The Hall–Kier alpha value is -0.930. The number of pyridine rings is 1. The summed E-state index contributed by atoms with van der Waals surface area (Å²) in [5.74, 6) is 0.